The van der Waals surface area contributed by atoms with Gasteiger partial charge in [-0.3, -0.25) is 14.2 Å². The molecule has 0 spiro atoms. The fraction of sp³-hybridized carbons (Fsp3) is 0.214. The van der Waals surface area contributed by atoms with Gasteiger partial charge in [0.2, 0.25) is 16.7 Å². The SMILES string of the molecule is Cn1cc(-c2nc(Cl)nc3c(=O)n(C)c(C(F)(F)F)nc23)ccc1=O. The molecule has 0 fully saturated rings. The van der Waals surface area contributed by atoms with E-state index in [4.69, 9.17) is 11.6 Å². The molecule has 0 aliphatic heterocycles. The van der Waals surface area contributed by atoms with Gasteiger partial charge in [0.15, 0.2) is 5.52 Å². The van der Waals surface area contributed by atoms with Crippen molar-refractivity contribution in [2.45, 2.75) is 6.18 Å². The molecule has 3 rings (SSSR count). The fourth-order valence-corrected chi connectivity index (χ4v) is 2.48. The quantitative estimate of drug-likeness (QED) is 0.609. The van der Waals surface area contributed by atoms with Gasteiger partial charge in [0.05, 0.1) is 0 Å². The molecule has 0 amide bonds. The number of pyridine rings is 1. The first-order chi connectivity index (χ1) is 11.6. The summed E-state index contributed by atoms with van der Waals surface area (Å²) < 4.78 is 41.0. The third-order valence-corrected chi connectivity index (χ3v) is 3.68. The number of fused-ring (bicyclic) bond motifs is 1. The Balaban J connectivity index is 2.47. The minimum atomic E-state index is -4.84. The lowest BCUT2D eigenvalue weighted by Crippen LogP contribution is -2.28. The summed E-state index contributed by atoms with van der Waals surface area (Å²) in [5.41, 5.74) is -1.84. The highest BCUT2D eigenvalue weighted by atomic mass is 35.5. The molecule has 130 valence electrons. The minimum absolute atomic E-state index is 0.0752. The zero-order valence-corrected chi connectivity index (χ0v) is 13.6. The summed E-state index contributed by atoms with van der Waals surface area (Å²) in [6.07, 6.45) is -3.49. The van der Waals surface area contributed by atoms with Crippen molar-refractivity contribution in [1.82, 2.24) is 24.1 Å². The van der Waals surface area contributed by atoms with Gasteiger partial charge in [-0.05, 0) is 17.7 Å². The molecule has 3 heterocycles. The molecule has 11 heteroatoms. The number of aromatic nitrogens is 5. The van der Waals surface area contributed by atoms with Gasteiger partial charge in [0.25, 0.3) is 5.56 Å². The van der Waals surface area contributed by atoms with Crippen LogP contribution < -0.4 is 11.1 Å². The lowest BCUT2D eigenvalue weighted by atomic mass is 10.1. The molecule has 0 aromatic carbocycles. The smallest absolute Gasteiger partial charge is 0.318 e. The second-order valence-electron chi connectivity index (χ2n) is 5.20. The van der Waals surface area contributed by atoms with Gasteiger partial charge >= 0.3 is 6.18 Å². The van der Waals surface area contributed by atoms with E-state index in [2.05, 4.69) is 15.0 Å². The van der Waals surface area contributed by atoms with Crippen LogP contribution in [0, 0.1) is 0 Å². The summed E-state index contributed by atoms with van der Waals surface area (Å²) in [5.74, 6) is -1.39. The highest BCUT2D eigenvalue weighted by Gasteiger charge is 2.37. The summed E-state index contributed by atoms with van der Waals surface area (Å²) in [5, 5.41) is -0.324. The number of aryl methyl sites for hydroxylation is 1. The monoisotopic (exact) mass is 371 g/mol. The molecule has 0 radical (unpaired) electrons. The van der Waals surface area contributed by atoms with Crippen LogP contribution in [0.15, 0.2) is 27.9 Å². The maximum atomic E-state index is 13.2. The van der Waals surface area contributed by atoms with Crippen molar-refractivity contribution in [3.05, 3.63) is 50.1 Å². The van der Waals surface area contributed by atoms with Gasteiger partial charge < -0.3 is 4.57 Å². The summed E-state index contributed by atoms with van der Waals surface area (Å²) in [7, 11) is 2.41. The molecule has 7 nitrogen and oxygen atoms in total. The molecular weight excluding hydrogens is 363 g/mol. The van der Waals surface area contributed by atoms with E-state index in [0.29, 0.717) is 4.57 Å². The molecule has 3 aromatic rings. The lowest BCUT2D eigenvalue weighted by Gasteiger charge is -2.13. The molecule has 0 aliphatic rings. The third kappa shape index (κ3) is 2.88. The van der Waals surface area contributed by atoms with Gasteiger partial charge in [-0.25, -0.2) is 15.0 Å². The molecule has 0 N–H and O–H groups in total. The standard InChI is InChI=1S/C14H9ClF3N5O2/c1-22-5-6(3-4-7(22)24)8-9-10(21-13(15)20-8)11(25)23(2)12(19-9)14(16,17)18/h3-5H,1-2H3. The molecule has 0 aliphatic carbocycles. The molecule has 0 saturated heterocycles. The predicted octanol–water partition coefficient (Wildman–Crippen LogP) is 1.76. The van der Waals surface area contributed by atoms with Crippen molar-refractivity contribution in [3.63, 3.8) is 0 Å². The molecule has 3 aromatic heterocycles. The second-order valence-corrected chi connectivity index (χ2v) is 5.54. The van der Waals surface area contributed by atoms with Gasteiger partial charge in [0, 0.05) is 31.9 Å². The Labute approximate surface area is 142 Å². The second kappa shape index (κ2) is 5.66. The molecule has 0 unspecified atom stereocenters. The van der Waals surface area contributed by atoms with E-state index in [1.807, 2.05) is 0 Å². The topological polar surface area (TPSA) is 82.7 Å². The van der Waals surface area contributed by atoms with Crippen molar-refractivity contribution in [2.75, 3.05) is 0 Å². The van der Waals surface area contributed by atoms with Gasteiger partial charge in [-0.15, -0.1) is 0 Å². The minimum Gasteiger partial charge on any atom is -0.318 e. The van der Waals surface area contributed by atoms with Crippen molar-refractivity contribution in [1.29, 1.82) is 0 Å². The number of rotatable bonds is 1. The lowest BCUT2D eigenvalue weighted by molar-refractivity contribution is -0.147. The van der Waals surface area contributed by atoms with Gasteiger partial charge in [0.1, 0.15) is 11.2 Å². The van der Waals surface area contributed by atoms with Crippen LogP contribution in [-0.4, -0.2) is 24.1 Å². The van der Waals surface area contributed by atoms with E-state index < -0.39 is 17.6 Å². The molecule has 25 heavy (non-hydrogen) atoms. The van der Waals surface area contributed by atoms with E-state index in [9.17, 15) is 22.8 Å². The molecule has 0 atom stereocenters. The average molecular weight is 372 g/mol. The van der Waals surface area contributed by atoms with Crippen molar-refractivity contribution < 1.29 is 13.2 Å². The Morgan fingerprint density at radius 3 is 2.32 bits per heavy atom. The maximum absolute atomic E-state index is 13.2. The Kier molecular flexibility index (Phi) is 3.87. The Morgan fingerprint density at radius 2 is 1.72 bits per heavy atom. The van der Waals surface area contributed by atoms with Crippen LogP contribution in [0.2, 0.25) is 5.28 Å². The molecule has 0 bridgehead atoms. The van der Waals surface area contributed by atoms with Crippen LogP contribution in [-0.2, 0) is 20.3 Å². The summed E-state index contributed by atoms with van der Waals surface area (Å²) in [4.78, 5) is 34.9. The van der Waals surface area contributed by atoms with Crippen LogP contribution in [0.3, 0.4) is 0 Å². The fourth-order valence-electron chi connectivity index (χ4n) is 2.31. The van der Waals surface area contributed by atoms with Gasteiger partial charge in [-0.1, -0.05) is 0 Å². The largest absolute Gasteiger partial charge is 0.449 e. The van der Waals surface area contributed by atoms with E-state index >= 15 is 0 Å². The summed E-state index contributed by atoms with van der Waals surface area (Å²) >= 11 is 5.81. The third-order valence-electron chi connectivity index (χ3n) is 3.51. The van der Waals surface area contributed by atoms with Crippen LogP contribution in [0.5, 0.6) is 0 Å². The van der Waals surface area contributed by atoms with E-state index in [-0.39, 0.29) is 33.1 Å². The van der Waals surface area contributed by atoms with E-state index in [0.717, 1.165) is 7.05 Å². The predicted molar refractivity (Wildman–Crippen MR) is 83.3 cm³/mol. The number of hydrogen-bond donors (Lipinski definition) is 0. The Bertz CT molecular complexity index is 1120. The maximum Gasteiger partial charge on any atom is 0.449 e. The summed E-state index contributed by atoms with van der Waals surface area (Å²) in [6.45, 7) is 0. The number of hydrogen-bond acceptors (Lipinski definition) is 5. The normalized spacial score (nSPS) is 11.9. The first kappa shape index (κ1) is 17.1. The summed E-state index contributed by atoms with van der Waals surface area (Å²) in [6, 6.07) is 2.57. The first-order valence-electron chi connectivity index (χ1n) is 6.78. The zero-order chi connectivity index (χ0) is 18.5. The van der Waals surface area contributed by atoms with E-state index in [1.165, 1.54) is 29.9 Å². The van der Waals surface area contributed by atoms with Gasteiger partial charge in [-0.2, -0.15) is 13.2 Å². The highest BCUT2D eigenvalue weighted by molar-refractivity contribution is 6.28. The number of nitrogens with zero attached hydrogens (tertiary/aromatic N) is 5. The number of alkyl halides is 3. The highest BCUT2D eigenvalue weighted by Crippen LogP contribution is 2.30. The Hall–Kier alpha value is -2.75. The van der Waals surface area contributed by atoms with Crippen LogP contribution in [0.25, 0.3) is 22.3 Å². The molecular formula is C14H9ClF3N5O2. The van der Waals surface area contributed by atoms with Crippen molar-refractivity contribution in [3.8, 4) is 11.3 Å². The van der Waals surface area contributed by atoms with E-state index in [1.54, 1.807) is 0 Å². The van der Waals surface area contributed by atoms with Crippen LogP contribution in [0.1, 0.15) is 5.82 Å². The van der Waals surface area contributed by atoms with Crippen LogP contribution in [0.4, 0.5) is 13.2 Å². The number of halogens is 4. The average Bonchev–Trinajstić information content (AvgIpc) is 2.52. The molecule has 0 saturated carbocycles. The van der Waals surface area contributed by atoms with Crippen LogP contribution >= 0.6 is 11.6 Å². The first-order valence-corrected chi connectivity index (χ1v) is 7.16. The zero-order valence-electron chi connectivity index (χ0n) is 12.8. The van der Waals surface area contributed by atoms with Crippen molar-refractivity contribution in [2.24, 2.45) is 14.1 Å². The van der Waals surface area contributed by atoms with Crippen molar-refractivity contribution >= 4 is 22.6 Å². The Morgan fingerprint density at radius 1 is 1.04 bits per heavy atom.